The highest BCUT2D eigenvalue weighted by molar-refractivity contribution is 6.31. The maximum Gasteiger partial charge on any atom is 0.255 e. The first kappa shape index (κ1) is 15.1. The number of nitrogens with one attached hydrogen (secondary N) is 2. The molecule has 0 bridgehead atoms. The van der Waals surface area contributed by atoms with Crippen molar-refractivity contribution >= 4 is 17.5 Å². The van der Waals surface area contributed by atoms with Crippen molar-refractivity contribution in [2.45, 2.75) is 19.8 Å². The summed E-state index contributed by atoms with van der Waals surface area (Å²) >= 11 is 5.95. The summed E-state index contributed by atoms with van der Waals surface area (Å²) in [4.78, 5) is 12.3. The number of hydrogen-bond donors (Lipinski definition) is 2. The lowest BCUT2D eigenvalue weighted by Gasteiger charge is -2.34. The van der Waals surface area contributed by atoms with Crippen LogP contribution >= 0.6 is 11.6 Å². The molecule has 1 heterocycles. The molecule has 1 atom stereocenters. The maximum absolute atomic E-state index is 12.3. The standard InChI is InChI=1S/C15H21ClN2O2/c1-15(6-3-7-17-9-15)10-18-14(19)12-8-11(16)4-5-13(12)20-2/h4-5,8,17H,3,6-7,9-10H2,1-2H3,(H,18,19). The monoisotopic (exact) mass is 296 g/mol. The van der Waals surface area contributed by atoms with E-state index in [1.54, 1.807) is 25.3 Å². The van der Waals surface area contributed by atoms with E-state index in [2.05, 4.69) is 17.6 Å². The Morgan fingerprint density at radius 1 is 1.55 bits per heavy atom. The molecule has 110 valence electrons. The normalized spacial score (nSPS) is 22.4. The van der Waals surface area contributed by atoms with Gasteiger partial charge in [0, 0.05) is 18.1 Å². The van der Waals surface area contributed by atoms with E-state index in [0.717, 1.165) is 25.9 Å². The van der Waals surface area contributed by atoms with Crippen LogP contribution in [0.15, 0.2) is 18.2 Å². The van der Waals surface area contributed by atoms with Gasteiger partial charge >= 0.3 is 0 Å². The van der Waals surface area contributed by atoms with Crippen LogP contribution in [0.5, 0.6) is 5.75 Å². The van der Waals surface area contributed by atoms with E-state index in [1.165, 1.54) is 0 Å². The minimum absolute atomic E-state index is 0.111. The third kappa shape index (κ3) is 3.64. The number of benzene rings is 1. The number of rotatable bonds is 4. The fourth-order valence-electron chi connectivity index (χ4n) is 2.52. The molecule has 1 aromatic carbocycles. The Kier molecular flexibility index (Phi) is 4.89. The molecule has 1 fully saturated rings. The molecule has 0 aromatic heterocycles. The van der Waals surface area contributed by atoms with Gasteiger partial charge in [0.05, 0.1) is 12.7 Å². The highest BCUT2D eigenvalue weighted by Crippen LogP contribution is 2.26. The van der Waals surface area contributed by atoms with Crippen LogP contribution in [-0.2, 0) is 0 Å². The Labute approximate surface area is 124 Å². The van der Waals surface area contributed by atoms with Gasteiger partial charge in [-0.1, -0.05) is 18.5 Å². The summed E-state index contributed by atoms with van der Waals surface area (Å²) < 4.78 is 5.21. The van der Waals surface area contributed by atoms with E-state index in [-0.39, 0.29) is 11.3 Å². The van der Waals surface area contributed by atoms with Crippen molar-refractivity contribution in [1.82, 2.24) is 10.6 Å². The average Bonchev–Trinajstić information content (AvgIpc) is 2.45. The zero-order chi connectivity index (χ0) is 14.6. The average molecular weight is 297 g/mol. The third-order valence-electron chi connectivity index (χ3n) is 3.77. The summed E-state index contributed by atoms with van der Waals surface area (Å²) in [5, 5.41) is 6.90. The molecule has 1 aromatic rings. The van der Waals surface area contributed by atoms with Crippen molar-refractivity contribution in [3.05, 3.63) is 28.8 Å². The lowest BCUT2D eigenvalue weighted by Crippen LogP contribution is -2.45. The third-order valence-corrected chi connectivity index (χ3v) is 4.00. The SMILES string of the molecule is COc1ccc(Cl)cc1C(=O)NCC1(C)CCCNC1. The number of carbonyl (C=O) groups is 1. The number of methoxy groups -OCH3 is 1. The Balaban J connectivity index is 2.03. The fraction of sp³-hybridized carbons (Fsp3) is 0.533. The molecule has 5 heteroatoms. The molecule has 20 heavy (non-hydrogen) atoms. The van der Waals surface area contributed by atoms with Crippen LogP contribution < -0.4 is 15.4 Å². The van der Waals surface area contributed by atoms with E-state index >= 15 is 0 Å². The second-order valence-electron chi connectivity index (χ2n) is 5.62. The summed E-state index contributed by atoms with van der Waals surface area (Å²) in [6.07, 6.45) is 2.26. The van der Waals surface area contributed by atoms with Crippen molar-refractivity contribution in [2.75, 3.05) is 26.7 Å². The minimum atomic E-state index is -0.142. The summed E-state index contributed by atoms with van der Waals surface area (Å²) in [6.45, 7) is 4.83. The quantitative estimate of drug-likeness (QED) is 0.897. The highest BCUT2D eigenvalue weighted by atomic mass is 35.5. The van der Waals surface area contributed by atoms with E-state index in [0.29, 0.717) is 22.9 Å². The Bertz CT molecular complexity index is 485. The molecule has 4 nitrogen and oxygen atoms in total. The van der Waals surface area contributed by atoms with Gasteiger partial charge in [-0.3, -0.25) is 4.79 Å². The Morgan fingerprint density at radius 3 is 3.00 bits per heavy atom. The Morgan fingerprint density at radius 2 is 2.35 bits per heavy atom. The number of carbonyl (C=O) groups excluding carboxylic acids is 1. The van der Waals surface area contributed by atoms with Crippen LogP contribution in [-0.4, -0.2) is 32.7 Å². The molecule has 1 amide bonds. The van der Waals surface area contributed by atoms with Gasteiger partial charge in [0.15, 0.2) is 0 Å². The van der Waals surface area contributed by atoms with Gasteiger partial charge in [-0.2, -0.15) is 0 Å². The molecule has 0 aliphatic carbocycles. The van der Waals surface area contributed by atoms with Gasteiger partial charge in [-0.15, -0.1) is 0 Å². The maximum atomic E-state index is 12.3. The second kappa shape index (κ2) is 6.46. The van der Waals surface area contributed by atoms with Gasteiger partial charge in [0.1, 0.15) is 5.75 Å². The first-order chi connectivity index (χ1) is 9.54. The number of halogens is 1. The lowest BCUT2D eigenvalue weighted by atomic mass is 9.83. The van der Waals surface area contributed by atoms with Gasteiger partial charge in [-0.25, -0.2) is 0 Å². The summed E-state index contributed by atoms with van der Waals surface area (Å²) in [5.41, 5.74) is 0.590. The first-order valence-corrected chi connectivity index (χ1v) is 7.24. The van der Waals surface area contributed by atoms with E-state index in [1.807, 2.05) is 0 Å². The van der Waals surface area contributed by atoms with Gasteiger partial charge < -0.3 is 15.4 Å². The van der Waals surface area contributed by atoms with Crippen molar-refractivity contribution in [3.8, 4) is 5.75 Å². The van der Waals surface area contributed by atoms with E-state index in [9.17, 15) is 4.79 Å². The highest BCUT2D eigenvalue weighted by Gasteiger charge is 2.27. The minimum Gasteiger partial charge on any atom is -0.496 e. The molecule has 1 unspecified atom stereocenters. The Hall–Kier alpha value is -1.26. The molecule has 1 aliphatic heterocycles. The molecule has 2 N–H and O–H groups in total. The van der Waals surface area contributed by atoms with Gasteiger partial charge in [0.25, 0.3) is 5.91 Å². The summed E-state index contributed by atoms with van der Waals surface area (Å²) in [6, 6.07) is 5.06. The van der Waals surface area contributed by atoms with Crippen LogP contribution in [0.2, 0.25) is 5.02 Å². The number of amides is 1. The van der Waals surface area contributed by atoms with Gasteiger partial charge in [-0.05, 0) is 43.0 Å². The zero-order valence-electron chi connectivity index (χ0n) is 12.0. The van der Waals surface area contributed by atoms with E-state index in [4.69, 9.17) is 16.3 Å². The summed E-state index contributed by atoms with van der Waals surface area (Å²) in [7, 11) is 1.55. The molecular weight excluding hydrogens is 276 g/mol. The number of hydrogen-bond acceptors (Lipinski definition) is 3. The van der Waals surface area contributed by atoms with Crippen molar-refractivity contribution in [1.29, 1.82) is 0 Å². The molecule has 1 aliphatic rings. The van der Waals surface area contributed by atoms with Crippen LogP contribution in [0.25, 0.3) is 0 Å². The van der Waals surface area contributed by atoms with Crippen LogP contribution in [0, 0.1) is 5.41 Å². The van der Waals surface area contributed by atoms with E-state index < -0.39 is 0 Å². The number of ether oxygens (including phenoxy) is 1. The number of piperidine rings is 1. The predicted octanol–water partition coefficient (Wildman–Crippen LogP) is 2.47. The van der Waals surface area contributed by atoms with Crippen LogP contribution in [0.4, 0.5) is 0 Å². The van der Waals surface area contributed by atoms with Crippen LogP contribution in [0.3, 0.4) is 0 Å². The second-order valence-corrected chi connectivity index (χ2v) is 6.05. The predicted molar refractivity (Wildman–Crippen MR) is 80.5 cm³/mol. The topological polar surface area (TPSA) is 50.4 Å². The molecule has 0 spiro atoms. The summed E-state index contributed by atoms with van der Waals surface area (Å²) in [5.74, 6) is 0.398. The van der Waals surface area contributed by atoms with Crippen LogP contribution in [0.1, 0.15) is 30.1 Å². The first-order valence-electron chi connectivity index (χ1n) is 6.86. The molecule has 1 saturated heterocycles. The lowest BCUT2D eigenvalue weighted by molar-refractivity contribution is 0.0921. The molecular formula is C15H21ClN2O2. The molecule has 0 saturated carbocycles. The van der Waals surface area contributed by atoms with Crippen molar-refractivity contribution < 1.29 is 9.53 Å². The zero-order valence-corrected chi connectivity index (χ0v) is 12.7. The molecule has 2 rings (SSSR count). The van der Waals surface area contributed by atoms with Gasteiger partial charge in [0.2, 0.25) is 0 Å². The largest absolute Gasteiger partial charge is 0.496 e. The fourth-order valence-corrected chi connectivity index (χ4v) is 2.69. The van der Waals surface area contributed by atoms with Crippen molar-refractivity contribution in [3.63, 3.8) is 0 Å². The molecule has 0 radical (unpaired) electrons. The van der Waals surface area contributed by atoms with Crippen molar-refractivity contribution in [2.24, 2.45) is 5.41 Å². The smallest absolute Gasteiger partial charge is 0.255 e.